The molecule has 1 fully saturated rings. The van der Waals surface area contributed by atoms with E-state index < -0.39 is 5.92 Å². The lowest BCUT2D eigenvalue weighted by Crippen LogP contribution is -2.41. The van der Waals surface area contributed by atoms with E-state index in [0.29, 0.717) is 16.8 Å². The molecular formula is C30H40N3O4+. The SMILES string of the molecule is CCCC[N+](CCCC)=C1C=CC(=C2C(=O)C(c3ccc(N(CC)CC)cc3O)C2=O)C(NC(C)=O)=C1. The standard InChI is InChI=1S/C30H39N3O4/c1-6-10-16-33(17-11-7-2)21-12-14-23(25(18-21)31-20(5)34)27-29(36)28(30(27)37)24-15-13-22(19-26(24)35)32(8-3)9-4/h12-15,18-19,28,35H,6-11,16-17H2,1-5H3/p+1. The van der Waals surface area contributed by atoms with Crippen LogP contribution in [0.2, 0.25) is 0 Å². The van der Waals surface area contributed by atoms with Crippen molar-refractivity contribution in [3.05, 3.63) is 58.8 Å². The van der Waals surface area contributed by atoms with E-state index in [0.717, 1.165) is 63.3 Å². The number of nitrogens with zero attached hydrogens (tertiary/aromatic N) is 2. The predicted octanol–water partition coefficient (Wildman–Crippen LogP) is 4.41. The van der Waals surface area contributed by atoms with E-state index in [4.69, 9.17) is 0 Å². The number of anilines is 1. The number of amides is 1. The summed E-state index contributed by atoms with van der Waals surface area (Å²) in [5.74, 6) is -2.05. The Morgan fingerprint density at radius 3 is 2.14 bits per heavy atom. The fourth-order valence-corrected chi connectivity index (χ4v) is 4.87. The van der Waals surface area contributed by atoms with E-state index in [1.807, 2.05) is 32.1 Å². The number of unbranched alkanes of at least 4 members (excludes halogenated alkanes) is 2. The summed E-state index contributed by atoms with van der Waals surface area (Å²) in [6.45, 7) is 13.1. The van der Waals surface area contributed by atoms with Crippen molar-refractivity contribution in [2.45, 2.75) is 66.2 Å². The number of aromatic hydroxyl groups is 1. The Labute approximate surface area is 220 Å². The molecule has 7 nitrogen and oxygen atoms in total. The van der Waals surface area contributed by atoms with Crippen molar-refractivity contribution in [2.24, 2.45) is 0 Å². The molecule has 0 aromatic heterocycles. The Balaban J connectivity index is 1.97. The highest BCUT2D eigenvalue weighted by atomic mass is 16.3. The zero-order chi connectivity index (χ0) is 27.1. The molecule has 2 aliphatic rings. The average Bonchev–Trinajstić information content (AvgIpc) is 2.87. The molecule has 198 valence electrons. The number of allylic oxidation sites excluding steroid dienone is 4. The van der Waals surface area contributed by atoms with Gasteiger partial charge in [0.15, 0.2) is 11.6 Å². The van der Waals surface area contributed by atoms with E-state index >= 15 is 0 Å². The zero-order valence-corrected chi connectivity index (χ0v) is 22.8. The molecule has 0 bridgehead atoms. The van der Waals surface area contributed by atoms with E-state index in [-0.39, 0.29) is 28.8 Å². The molecule has 0 unspecified atom stereocenters. The molecule has 1 aromatic carbocycles. The summed E-state index contributed by atoms with van der Waals surface area (Å²) in [6.07, 6.45) is 9.79. The van der Waals surface area contributed by atoms with Gasteiger partial charge in [0.2, 0.25) is 11.6 Å². The first-order chi connectivity index (χ1) is 17.8. The highest BCUT2D eigenvalue weighted by Gasteiger charge is 2.48. The lowest BCUT2D eigenvalue weighted by Gasteiger charge is -2.30. The third-order valence-electron chi connectivity index (χ3n) is 6.98. The monoisotopic (exact) mass is 506 g/mol. The topological polar surface area (TPSA) is 89.7 Å². The average molecular weight is 507 g/mol. The van der Waals surface area contributed by atoms with Gasteiger partial charge in [0.1, 0.15) is 24.8 Å². The van der Waals surface area contributed by atoms with Gasteiger partial charge in [-0.2, -0.15) is 0 Å². The molecule has 0 saturated heterocycles. The molecule has 2 aliphatic carbocycles. The minimum atomic E-state index is -1.03. The summed E-state index contributed by atoms with van der Waals surface area (Å²) in [5.41, 5.74) is 3.07. The zero-order valence-electron chi connectivity index (χ0n) is 22.8. The number of hydrogen-bond acceptors (Lipinski definition) is 5. The highest BCUT2D eigenvalue weighted by Crippen LogP contribution is 2.42. The van der Waals surface area contributed by atoms with Crippen LogP contribution in [0.4, 0.5) is 5.69 Å². The lowest BCUT2D eigenvalue weighted by molar-refractivity contribution is -0.527. The first-order valence-electron chi connectivity index (χ1n) is 13.5. The molecule has 37 heavy (non-hydrogen) atoms. The molecule has 0 radical (unpaired) electrons. The van der Waals surface area contributed by atoms with E-state index in [2.05, 4.69) is 28.6 Å². The summed E-state index contributed by atoms with van der Waals surface area (Å²) in [5, 5.41) is 13.5. The van der Waals surface area contributed by atoms with E-state index in [9.17, 15) is 19.5 Å². The quantitative estimate of drug-likeness (QED) is 0.201. The normalized spacial score (nSPS) is 17.1. The molecular weight excluding hydrogens is 466 g/mol. The van der Waals surface area contributed by atoms with Crippen LogP contribution in [0.1, 0.15) is 71.8 Å². The summed E-state index contributed by atoms with van der Waals surface area (Å²) < 4.78 is 2.29. The van der Waals surface area contributed by atoms with E-state index in [1.165, 1.54) is 6.92 Å². The summed E-state index contributed by atoms with van der Waals surface area (Å²) in [6, 6.07) is 5.11. The van der Waals surface area contributed by atoms with Crippen molar-refractivity contribution >= 4 is 28.9 Å². The Kier molecular flexibility index (Phi) is 9.61. The highest BCUT2D eigenvalue weighted by molar-refractivity contribution is 6.43. The Morgan fingerprint density at radius 2 is 1.62 bits per heavy atom. The van der Waals surface area contributed by atoms with Gasteiger partial charge in [-0.05, 0) is 26.0 Å². The number of phenolic OH excluding ortho intramolecular Hbond substituents is 1. The molecule has 0 spiro atoms. The Morgan fingerprint density at radius 1 is 1.00 bits per heavy atom. The van der Waals surface area contributed by atoms with Crippen LogP contribution in [0.15, 0.2) is 53.3 Å². The summed E-state index contributed by atoms with van der Waals surface area (Å²) >= 11 is 0. The third kappa shape index (κ3) is 6.09. The van der Waals surface area contributed by atoms with Crippen molar-refractivity contribution < 1.29 is 24.1 Å². The molecule has 1 amide bonds. The van der Waals surface area contributed by atoms with E-state index in [1.54, 1.807) is 18.2 Å². The van der Waals surface area contributed by atoms with Gasteiger partial charge in [-0.15, -0.1) is 0 Å². The molecule has 0 heterocycles. The van der Waals surface area contributed by atoms with Crippen LogP contribution in [0.5, 0.6) is 5.75 Å². The second-order valence-corrected chi connectivity index (χ2v) is 9.56. The number of benzene rings is 1. The minimum absolute atomic E-state index is 0.0601. The first kappa shape index (κ1) is 28.1. The molecule has 0 aliphatic heterocycles. The maximum absolute atomic E-state index is 13.3. The molecule has 7 heteroatoms. The number of phenols is 1. The number of nitrogens with one attached hydrogen (secondary N) is 1. The van der Waals surface area contributed by atoms with Gasteiger partial charge in [0.05, 0.1) is 11.3 Å². The van der Waals surface area contributed by atoms with Crippen LogP contribution in [-0.4, -0.2) is 59.0 Å². The first-order valence-corrected chi connectivity index (χ1v) is 13.5. The number of ketones is 2. The van der Waals surface area contributed by atoms with Crippen molar-refractivity contribution in [1.82, 2.24) is 5.32 Å². The van der Waals surface area contributed by atoms with Gasteiger partial charge in [-0.1, -0.05) is 32.8 Å². The molecule has 1 aromatic rings. The van der Waals surface area contributed by atoms with Crippen molar-refractivity contribution in [1.29, 1.82) is 0 Å². The van der Waals surface area contributed by atoms with Gasteiger partial charge < -0.3 is 15.3 Å². The lowest BCUT2D eigenvalue weighted by atomic mass is 9.70. The van der Waals surface area contributed by atoms with Gasteiger partial charge in [0.25, 0.3) is 0 Å². The van der Waals surface area contributed by atoms with Crippen molar-refractivity contribution in [2.75, 3.05) is 31.1 Å². The number of rotatable bonds is 11. The van der Waals surface area contributed by atoms with Crippen LogP contribution in [-0.2, 0) is 14.4 Å². The third-order valence-corrected chi connectivity index (χ3v) is 6.98. The Bertz CT molecular complexity index is 1160. The van der Waals surface area contributed by atoms with Gasteiger partial charge in [-0.25, -0.2) is 4.58 Å². The number of hydrogen-bond donors (Lipinski definition) is 2. The Hall–Kier alpha value is -3.48. The number of carbonyl (C=O) groups excluding carboxylic acids is 3. The maximum Gasteiger partial charge on any atom is 0.221 e. The number of Topliss-reactive ketones (excluding diaryl/α,β-unsaturated/α-hetero) is 2. The van der Waals surface area contributed by atoms with Crippen LogP contribution in [0.3, 0.4) is 0 Å². The molecule has 1 saturated carbocycles. The fraction of sp³-hybridized carbons (Fsp3) is 0.467. The fourth-order valence-electron chi connectivity index (χ4n) is 4.87. The number of carbonyl (C=O) groups is 3. The van der Waals surface area contributed by atoms with Gasteiger partial charge in [-0.3, -0.25) is 14.4 Å². The van der Waals surface area contributed by atoms with Crippen molar-refractivity contribution in [3.63, 3.8) is 0 Å². The summed E-state index contributed by atoms with van der Waals surface area (Å²) in [4.78, 5) is 40.7. The molecule has 0 atom stereocenters. The summed E-state index contributed by atoms with van der Waals surface area (Å²) in [7, 11) is 0. The second-order valence-electron chi connectivity index (χ2n) is 9.56. The molecule has 3 rings (SSSR count). The van der Waals surface area contributed by atoms with Crippen LogP contribution < -0.4 is 10.2 Å². The minimum Gasteiger partial charge on any atom is -0.508 e. The van der Waals surface area contributed by atoms with Crippen molar-refractivity contribution in [3.8, 4) is 5.75 Å². The van der Waals surface area contributed by atoms with Gasteiger partial charge in [0, 0.05) is 67.9 Å². The second kappa shape index (κ2) is 12.7. The molecule has 2 N–H and O–H groups in total. The smallest absolute Gasteiger partial charge is 0.221 e. The largest absolute Gasteiger partial charge is 0.508 e. The maximum atomic E-state index is 13.3. The van der Waals surface area contributed by atoms with Gasteiger partial charge >= 0.3 is 0 Å². The van der Waals surface area contributed by atoms with Crippen LogP contribution in [0, 0.1) is 0 Å². The van der Waals surface area contributed by atoms with Crippen LogP contribution in [0.25, 0.3) is 0 Å². The predicted molar refractivity (Wildman–Crippen MR) is 147 cm³/mol. The van der Waals surface area contributed by atoms with Crippen LogP contribution >= 0.6 is 0 Å².